The van der Waals surface area contributed by atoms with Crippen LogP contribution in [-0.2, 0) is 4.79 Å². The number of allylic oxidation sites excluding steroid dienone is 5. The molecule has 1 aromatic carbocycles. The number of carbonyl (C=O) groups is 2. The number of aliphatic hydroxyl groups excluding tert-OH is 1. The quantitative estimate of drug-likeness (QED) is 0.316. The molecule has 0 aliphatic rings. The van der Waals surface area contributed by atoms with Crippen molar-refractivity contribution < 1.29 is 14.7 Å². The molecule has 0 aliphatic heterocycles. The molecule has 0 saturated heterocycles. The number of hydrogen-bond acceptors (Lipinski definition) is 4. The van der Waals surface area contributed by atoms with Crippen molar-refractivity contribution in [3.05, 3.63) is 59.8 Å². The van der Waals surface area contributed by atoms with Gasteiger partial charge in [0, 0.05) is 37.9 Å². The molecular formula is C24H27N3O3. The van der Waals surface area contributed by atoms with Gasteiger partial charge in [-0.2, -0.15) is 5.10 Å². The van der Waals surface area contributed by atoms with Crippen LogP contribution in [0.3, 0.4) is 0 Å². The fourth-order valence-corrected chi connectivity index (χ4v) is 2.88. The summed E-state index contributed by atoms with van der Waals surface area (Å²) >= 11 is 0. The fraction of sp³-hybridized carbons (Fsp3) is 0.292. The molecule has 0 fully saturated rings. The van der Waals surface area contributed by atoms with Gasteiger partial charge in [-0.1, -0.05) is 42.2 Å². The normalized spacial score (nSPS) is 12.8. The summed E-state index contributed by atoms with van der Waals surface area (Å²) in [5.41, 5.74) is 3.63. The monoisotopic (exact) mass is 405 g/mol. The largest absolute Gasteiger partial charge is 0.380 e. The topological polar surface area (TPSA) is 75.4 Å². The first-order valence-electron chi connectivity index (χ1n) is 9.67. The van der Waals surface area contributed by atoms with E-state index in [9.17, 15) is 14.7 Å². The third kappa shape index (κ3) is 5.56. The Morgan fingerprint density at radius 3 is 2.77 bits per heavy atom. The van der Waals surface area contributed by atoms with Crippen molar-refractivity contribution in [1.29, 1.82) is 0 Å². The van der Waals surface area contributed by atoms with Crippen LogP contribution in [0.25, 0.3) is 16.6 Å². The predicted octanol–water partition coefficient (Wildman–Crippen LogP) is 3.36. The van der Waals surface area contributed by atoms with Crippen LogP contribution in [0, 0.1) is 18.8 Å². The molecule has 30 heavy (non-hydrogen) atoms. The maximum absolute atomic E-state index is 12.1. The van der Waals surface area contributed by atoms with Gasteiger partial charge in [-0.3, -0.25) is 9.59 Å². The highest BCUT2D eigenvalue weighted by Gasteiger charge is 2.15. The van der Waals surface area contributed by atoms with Gasteiger partial charge in [0.25, 0.3) is 0 Å². The number of fused-ring (bicyclic) bond motifs is 1. The minimum atomic E-state index is -0.859. The lowest BCUT2D eigenvalue weighted by atomic mass is 10.1. The summed E-state index contributed by atoms with van der Waals surface area (Å²) in [5, 5.41) is 15.4. The molecule has 1 aromatic heterocycles. The molecule has 156 valence electrons. The molecule has 6 heteroatoms. The van der Waals surface area contributed by atoms with Gasteiger partial charge in [0.1, 0.15) is 11.8 Å². The van der Waals surface area contributed by atoms with E-state index in [1.54, 1.807) is 23.9 Å². The summed E-state index contributed by atoms with van der Waals surface area (Å²) in [7, 11) is 1.64. The first-order chi connectivity index (χ1) is 14.3. The summed E-state index contributed by atoms with van der Waals surface area (Å²) in [4.78, 5) is 24.2. The van der Waals surface area contributed by atoms with E-state index < -0.39 is 6.10 Å². The predicted molar refractivity (Wildman–Crippen MR) is 120 cm³/mol. The highest BCUT2D eigenvalue weighted by molar-refractivity contribution is 6.05. The molecule has 2 rings (SSSR count). The zero-order valence-electron chi connectivity index (χ0n) is 17.8. The third-order valence-electron chi connectivity index (χ3n) is 4.55. The summed E-state index contributed by atoms with van der Waals surface area (Å²) in [6, 6.07) is 5.86. The number of Topliss-reactive ketones (excluding diaryl/α,β-unsaturated/α-hetero) is 1. The van der Waals surface area contributed by atoms with E-state index in [1.165, 1.54) is 11.8 Å². The minimum Gasteiger partial charge on any atom is -0.380 e. The highest BCUT2D eigenvalue weighted by atomic mass is 16.3. The van der Waals surface area contributed by atoms with E-state index in [-0.39, 0.29) is 5.78 Å². The lowest BCUT2D eigenvalue weighted by Gasteiger charge is -2.10. The minimum absolute atomic E-state index is 0.101. The molecule has 1 unspecified atom stereocenters. The van der Waals surface area contributed by atoms with E-state index in [1.807, 2.05) is 38.1 Å². The number of benzene rings is 1. The molecule has 0 spiro atoms. The van der Waals surface area contributed by atoms with Crippen LogP contribution in [0.1, 0.15) is 36.3 Å². The summed E-state index contributed by atoms with van der Waals surface area (Å²) in [6.07, 6.45) is 5.48. The van der Waals surface area contributed by atoms with Gasteiger partial charge in [0.05, 0.1) is 11.2 Å². The Labute approximate surface area is 177 Å². The van der Waals surface area contributed by atoms with Crippen molar-refractivity contribution in [3.63, 3.8) is 0 Å². The second-order valence-electron chi connectivity index (χ2n) is 7.01. The van der Waals surface area contributed by atoms with Crippen LogP contribution in [0.5, 0.6) is 0 Å². The Morgan fingerprint density at radius 2 is 2.17 bits per heavy atom. The van der Waals surface area contributed by atoms with Crippen LogP contribution >= 0.6 is 0 Å². The maximum Gasteiger partial charge on any atom is 0.209 e. The van der Waals surface area contributed by atoms with E-state index in [2.05, 4.69) is 23.5 Å². The molecule has 1 amide bonds. The smallest absolute Gasteiger partial charge is 0.209 e. The van der Waals surface area contributed by atoms with Gasteiger partial charge >= 0.3 is 0 Å². The van der Waals surface area contributed by atoms with Gasteiger partial charge in [0.2, 0.25) is 6.41 Å². The summed E-state index contributed by atoms with van der Waals surface area (Å²) in [5.74, 6) is 5.59. The van der Waals surface area contributed by atoms with Gasteiger partial charge in [-0.25, -0.2) is 4.68 Å². The molecule has 6 nitrogen and oxygen atoms in total. The number of rotatable bonds is 8. The molecule has 0 radical (unpaired) electrons. The molecule has 1 N–H and O–H groups in total. The van der Waals surface area contributed by atoms with Crippen LogP contribution < -0.4 is 0 Å². The summed E-state index contributed by atoms with van der Waals surface area (Å²) < 4.78 is 1.71. The number of aryl methyl sites for hydroxylation is 1. The second-order valence-corrected chi connectivity index (χ2v) is 7.01. The molecule has 0 bridgehead atoms. The number of amides is 1. The Bertz CT molecular complexity index is 1080. The van der Waals surface area contributed by atoms with Crippen LogP contribution in [0.4, 0.5) is 0 Å². The molecule has 0 saturated carbocycles. The van der Waals surface area contributed by atoms with Gasteiger partial charge < -0.3 is 10.0 Å². The lowest BCUT2D eigenvalue weighted by molar-refractivity contribution is -0.117. The molecule has 0 aliphatic carbocycles. The van der Waals surface area contributed by atoms with Crippen molar-refractivity contribution in [3.8, 4) is 11.8 Å². The van der Waals surface area contributed by atoms with Crippen LogP contribution in [0.15, 0.2) is 48.6 Å². The average Bonchev–Trinajstić information content (AvgIpc) is 3.10. The fourth-order valence-electron chi connectivity index (χ4n) is 2.88. The maximum atomic E-state index is 12.1. The summed E-state index contributed by atoms with van der Waals surface area (Å²) in [6.45, 7) is 9.56. The van der Waals surface area contributed by atoms with Gasteiger partial charge in [-0.15, -0.1) is 0 Å². The Balaban J connectivity index is 2.39. The zero-order chi connectivity index (χ0) is 22.3. The Morgan fingerprint density at radius 1 is 1.43 bits per heavy atom. The average molecular weight is 405 g/mol. The number of ketones is 1. The van der Waals surface area contributed by atoms with Crippen molar-refractivity contribution >= 4 is 28.8 Å². The van der Waals surface area contributed by atoms with Crippen molar-refractivity contribution in [2.45, 2.75) is 33.3 Å². The highest BCUT2D eigenvalue weighted by Crippen LogP contribution is 2.24. The first-order valence-corrected chi connectivity index (χ1v) is 9.67. The van der Waals surface area contributed by atoms with E-state index >= 15 is 0 Å². The van der Waals surface area contributed by atoms with Crippen molar-refractivity contribution in [2.75, 3.05) is 13.6 Å². The second kappa shape index (κ2) is 10.4. The molecule has 1 atom stereocenters. The number of aromatic nitrogens is 2. The zero-order valence-corrected chi connectivity index (χ0v) is 17.8. The molecule has 2 aromatic rings. The van der Waals surface area contributed by atoms with Crippen LogP contribution in [-0.4, -0.2) is 51.7 Å². The van der Waals surface area contributed by atoms with E-state index in [4.69, 9.17) is 0 Å². The third-order valence-corrected chi connectivity index (χ3v) is 4.55. The SMILES string of the molecule is C=C/C(C#CC(O)CCN(C)C=O)=C\C(=C/C)n1nc(C(C)=O)c2cc(C)ccc21. The number of nitrogens with zero attached hydrogens (tertiary/aromatic N) is 3. The number of aliphatic hydroxyl groups is 1. The van der Waals surface area contributed by atoms with Gasteiger partial charge in [-0.05, 0) is 32.1 Å². The van der Waals surface area contributed by atoms with E-state index in [0.717, 1.165) is 22.2 Å². The van der Waals surface area contributed by atoms with Crippen molar-refractivity contribution in [2.24, 2.45) is 0 Å². The number of hydrogen-bond donors (Lipinski definition) is 1. The van der Waals surface area contributed by atoms with Gasteiger partial charge in [0.15, 0.2) is 5.78 Å². The van der Waals surface area contributed by atoms with Crippen molar-refractivity contribution in [1.82, 2.24) is 14.7 Å². The molecular weight excluding hydrogens is 378 g/mol. The van der Waals surface area contributed by atoms with E-state index in [0.29, 0.717) is 30.6 Å². The molecule has 1 heterocycles. The number of carbonyl (C=O) groups excluding carboxylic acids is 2. The lowest BCUT2D eigenvalue weighted by Crippen LogP contribution is -2.21. The Kier molecular flexibility index (Phi) is 7.90. The first kappa shape index (κ1) is 22.9. The Hall–Kier alpha value is -3.43. The standard InChI is InChI=1S/C24H27N3O3/c1-6-19(9-10-21(30)12-13-26(5)16-28)15-20(7-2)27-23-11-8-17(3)14-22(23)24(25-27)18(4)29/h6-8,11,14-16,21,30H,1,12-13H2,2-5H3/b19-15+,20-7+. The van der Waals surface area contributed by atoms with Crippen LogP contribution in [0.2, 0.25) is 0 Å².